The summed E-state index contributed by atoms with van der Waals surface area (Å²) in [6, 6.07) is 0. The van der Waals surface area contributed by atoms with Crippen molar-refractivity contribution in [3.05, 3.63) is 0 Å². The Balaban J connectivity index is 1.75. The van der Waals surface area contributed by atoms with E-state index in [2.05, 4.69) is 15.6 Å². The fraction of sp³-hybridized carbons (Fsp3) is 0.857. The zero-order valence-corrected chi connectivity index (χ0v) is 18.6. The van der Waals surface area contributed by atoms with E-state index >= 15 is 0 Å². The Morgan fingerprint density at radius 3 is 2.41 bits per heavy atom. The van der Waals surface area contributed by atoms with Crippen LogP contribution in [-0.4, -0.2) is 79.2 Å². The molecule has 0 spiro atoms. The van der Waals surface area contributed by atoms with E-state index in [9.17, 15) is 9.59 Å². The van der Waals surface area contributed by atoms with Gasteiger partial charge in [0.15, 0.2) is 5.96 Å². The molecule has 0 aromatic rings. The summed E-state index contributed by atoms with van der Waals surface area (Å²) in [6.45, 7) is 12.6. The molecule has 1 atom stereocenters. The number of carbonyl (C=O) groups is 2. The smallest absolute Gasteiger partial charge is 0.410 e. The Kier molecular flexibility index (Phi) is 9.04. The molecule has 0 aromatic carbocycles. The first-order valence-corrected chi connectivity index (χ1v) is 11.1. The summed E-state index contributed by atoms with van der Waals surface area (Å²) in [5, 5.41) is 6.53. The summed E-state index contributed by atoms with van der Waals surface area (Å²) in [5.41, 5.74) is -0.463. The van der Waals surface area contributed by atoms with Crippen LogP contribution in [0.4, 0.5) is 4.79 Å². The van der Waals surface area contributed by atoms with Crippen molar-refractivity contribution >= 4 is 18.0 Å². The van der Waals surface area contributed by atoms with E-state index in [1.165, 1.54) is 0 Å². The van der Waals surface area contributed by atoms with E-state index in [0.717, 1.165) is 71.4 Å². The maximum absolute atomic E-state index is 12.3. The molecular formula is C21H39N5O3. The Labute approximate surface area is 175 Å². The molecule has 29 heavy (non-hydrogen) atoms. The molecule has 2 N–H and O–H groups in total. The van der Waals surface area contributed by atoms with Gasteiger partial charge in [-0.05, 0) is 65.7 Å². The highest BCUT2D eigenvalue weighted by molar-refractivity contribution is 5.85. The van der Waals surface area contributed by atoms with Crippen LogP contribution in [0.5, 0.6) is 0 Å². The highest BCUT2D eigenvalue weighted by Gasteiger charge is 2.27. The summed E-state index contributed by atoms with van der Waals surface area (Å²) < 4.78 is 5.50. The predicted molar refractivity (Wildman–Crippen MR) is 115 cm³/mol. The number of carbonyl (C=O) groups excluding carboxylic acids is 2. The minimum atomic E-state index is -0.463. The number of amides is 2. The van der Waals surface area contributed by atoms with E-state index < -0.39 is 5.60 Å². The van der Waals surface area contributed by atoms with Crippen molar-refractivity contribution in [1.82, 2.24) is 20.4 Å². The van der Waals surface area contributed by atoms with E-state index in [-0.39, 0.29) is 18.5 Å². The lowest BCUT2D eigenvalue weighted by Gasteiger charge is -2.34. The molecule has 2 aliphatic heterocycles. The Hall–Kier alpha value is -1.99. The molecule has 0 saturated carbocycles. The average Bonchev–Trinajstić information content (AvgIpc) is 3.19. The van der Waals surface area contributed by atoms with Crippen LogP contribution in [0.3, 0.4) is 0 Å². The summed E-state index contributed by atoms with van der Waals surface area (Å²) >= 11 is 0. The van der Waals surface area contributed by atoms with Gasteiger partial charge in [-0.1, -0.05) is 0 Å². The fourth-order valence-electron chi connectivity index (χ4n) is 3.74. The first-order valence-electron chi connectivity index (χ1n) is 11.1. The third kappa shape index (κ3) is 8.50. The van der Waals surface area contributed by atoms with Gasteiger partial charge in [0.2, 0.25) is 5.91 Å². The number of ether oxygens (including phenoxy) is 1. The molecule has 8 nitrogen and oxygen atoms in total. The third-order valence-corrected chi connectivity index (χ3v) is 5.19. The summed E-state index contributed by atoms with van der Waals surface area (Å²) in [7, 11) is 0. The summed E-state index contributed by atoms with van der Waals surface area (Å²) in [5.74, 6) is 1.22. The molecule has 2 rings (SSSR count). The molecule has 2 amide bonds. The lowest BCUT2D eigenvalue weighted by atomic mass is 9.95. The molecule has 166 valence electrons. The van der Waals surface area contributed by atoms with Crippen molar-refractivity contribution in [3.8, 4) is 0 Å². The van der Waals surface area contributed by atoms with E-state index in [4.69, 9.17) is 4.74 Å². The van der Waals surface area contributed by atoms with Crippen LogP contribution < -0.4 is 10.6 Å². The van der Waals surface area contributed by atoms with Crippen LogP contribution in [0.25, 0.3) is 0 Å². The van der Waals surface area contributed by atoms with Gasteiger partial charge < -0.3 is 25.2 Å². The molecule has 8 heteroatoms. The standard InChI is InChI=1S/C21H39N5O3/c1-5-22-19(24-15-18(27)25-12-6-7-13-25)23-11-10-17-9-8-14-26(16-17)20(28)29-21(2,3)4/h17H,5-16H2,1-4H3,(H2,22,23,24). The molecule has 0 aliphatic carbocycles. The van der Waals surface area contributed by atoms with Crippen molar-refractivity contribution < 1.29 is 14.3 Å². The minimum Gasteiger partial charge on any atom is -0.444 e. The number of likely N-dealkylation sites (tertiary alicyclic amines) is 2. The third-order valence-electron chi connectivity index (χ3n) is 5.19. The van der Waals surface area contributed by atoms with Crippen molar-refractivity contribution in [2.75, 3.05) is 45.8 Å². The predicted octanol–water partition coefficient (Wildman–Crippen LogP) is 2.20. The second kappa shape index (κ2) is 11.3. The molecular weight excluding hydrogens is 370 g/mol. The van der Waals surface area contributed by atoms with Gasteiger partial charge in [0.05, 0.1) is 0 Å². The van der Waals surface area contributed by atoms with Gasteiger partial charge in [-0.15, -0.1) is 0 Å². The molecule has 2 aliphatic rings. The van der Waals surface area contributed by atoms with Crippen LogP contribution in [0.1, 0.15) is 59.8 Å². The van der Waals surface area contributed by atoms with Gasteiger partial charge in [-0.2, -0.15) is 0 Å². The van der Waals surface area contributed by atoms with Crippen molar-refractivity contribution in [2.24, 2.45) is 10.9 Å². The Morgan fingerprint density at radius 2 is 1.76 bits per heavy atom. The monoisotopic (exact) mass is 409 g/mol. The summed E-state index contributed by atoms with van der Waals surface area (Å²) in [4.78, 5) is 32.7. The maximum atomic E-state index is 12.3. The highest BCUT2D eigenvalue weighted by atomic mass is 16.6. The second-order valence-electron chi connectivity index (χ2n) is 8.93. The SMILES string of the molecule is CCNC(=NCC(=O)N1CCCC1)NCCC1CCCN(C(=O)OC(C)(C)C)C1. The summed E-state index contributed by atoms with van der Waals surface area (Å²) in [6.07, 6.45) is 5.03. The van der Waals surface area contributed by atoms with Crippen molar-refractivity contribution in [1.29, 1.82) is 0 Å². The number of guanidine groups is 1. The van der Waals surface area contributed by atoms with Crippen LogP contribution in [0.15, 0.2) is 4.99 Å². The normalized spacial score (nSPS) is 20.6. The number of aliphatic imine (C=N–C) groups is 1. The average molecular weight is 410 g/mol. The van der Waals surface area contributed by atoms with Gasteiger partial charge in [-0.25, -0.2) is 9.79 Å². The lowest BCUT2D eigenvalue weighted by molar-refractivity contribution is -0.128. The molecule has 2 heterocycles. The Morgan fingerprint density at radius 1 is 1.07 bits per heavy atom. The first-order chi connectivity index (χ1) is 13.8. The zero-order valence-electron chi connectivity index (χ0n) is 18.6. The lowest BCUT2D eigenvalue weighted by Crippen LogP contribution is -2.44. The van der Waals surface area contributed by atoms with Crippen LogP contribution in [-0.2, 0) is 9.53 Å². The van der Waals surface area contributed by atoms with E-state index in [1.807, 2.05) is 37.5 Å². The minimum absolute atomic E-state index is 0.0972. The van der Waals surface area contributed by atoms with Gasteiger partial charge in [0.1, 0.15) is 12.1 Å². The topological polar surface area (TPSA) is 86.3 Å². The number of piperidine rings is 1. The number of nitrogens with one attached hydrogen (secondary N) is 2. The van der Waals surface area contributed by atoms with Crippen LogP contribution in [0.2, 0.25) is 0 Å². The molecule has 0 bridgehead atoms. The van der Waals surface area contributed by atoms with E-state index in [1.54, 1.807) is 0 Å². The van der Waals surface area contributed by atoms with Gasteiger partial charge >= 0.3 is 6.09 Å². The molecule has 0 aromatic heterocycles. The van der Waals surface area contributed by atoms with Gasteiger partial charge in [0, 0.05) is 39.3 Å². The van der Waals surface area contributed by atoms with E-state index in [0.29, 0.717) is 11.9 Å². The Bertz CT molecular complexity index is 567. The number of nitrogens with zero attached hydrogens (tertiary/aromatic N) is 3. The molecule has 2 fully saturated rings. The molecule has 1 unspecified atom stereocenters. The van der Waals surface area contributed by atoms with Crippen molar-refractivity contribution in [2.45, 2.75) is 65.4 Å². The van der Waals surface area contributed by atoms with Gasteiger partial charge in [0.25, 0.3) is 0 Å². The van der Waals surface area contributed by atoms with Crippen LogP contribution >= 0.6 is 0 Å². The molecule has 0 radical (unpaired) electrons. The molecule has 2 saturated heterocycles. The highest BCUT2D eigenvalue weighted by Crippen LogP contribution is 2.21. The zero-order chi connectivity index (χ0) is 21.3. The number of hydrogen-bond donors (Lipinski definition) is 2. The van der Waals surface area contributed by atoms with Crippen LogP contribution in [0, 0.1) is 5.92 Å². The number of rotatable bonds is 6. The second-order valence-corrected chi connectivity index (χ2v) is 8.93. The largest absolute Gasteiger partial charge is 0.444 e. The van der Waals surface area contributed by atoms with Crippen molar-refractivity contribution in [3.63, 3.8) is 0 Å². The quantitative estimate of drug-likeness (QED) is 0.519. The van der Waals surface area contributed by atoms with Gasteiger partial charge in [-0.3, -0.25) is 4.79 Å². The first kappa shape index (κ1) is 23.3. The maximum Gasteiger partial charge on any atom is 0.410 e. The number of hydrogen-bond acceptors (Lipinski definition) is 4. The fourth-order valence-corrected chi connectivity index (χ4v) is 3.74.